The van der Waals surface area contributed by atoms with Crippen LogP contribution >= 0.6 is 0 Å². The van der Waals surface area contributed by atoms with E-state index in [9.17, 15) is 0 Å². The second-order valence-corrected chi connectivity index (χ2v) is 7.91. The van der Waals surface area contributed by atoms with Gasteiger partial charge in [-0.05, 0) is 42.6 Å². The SMILES string of the molecule is NC1CCN(CCN[C@@H]2C[C@H]2c2ccc(OCCc3ccccc3)cc2)C1. The van der Waals surface area contributed by atoms with Crippen LogP contribution in [0.3, 0.4) is 0 Å². The van der Waals surface area contributed by atoms with Crippen molar-refractivity contribution in [1.82, 2.24) is 10.2 Å². The van der Waals surface area contributed by atoms with E-state index in [-0.39, 0.29) is 0 Å². The molecule has 144 valence electrons. The summed E-state index contributed by atoms with van der Waals surface area (Å²) in [7, 11) is 0. The molecule has 1 heterocycles. The Labute approximate surface area is 162 Å². The number of benzene rings is 2. The average molecular weight is 366 g/mol. The zero-order valence-corrected chi connectivity index (χ0v) is 16.0. The topological polar surface area (TPSA) is 50.5 Å². The fourth-order valence-electron chi connectivity index (χ4n) is 4.01. The van der Waals surface area contributed by atoms with Crippen molar-refractivity contribution < 1.29 is 4.74 Å². The molecule has 2 aromatic rings. The smallest absolute Gasteiger partial charge is 0.119 e. The molecular formula is C23H31N3O. The highest BCUT2D eigenvalue weighted by molar-refractivity contribution is 5.33. The van der Waals surface area contributed by atoms with Gasteiger partial charge in [0, 0.05) is 44.1 Å². The maximum atomic E-state index is 5.97. The van der Waals surface area contributed by atoms with Crippen LogP contribution in [-0.4, -0.2) is 49.8 Å². The number of nitrogens with two attached hydrogens (primary N) is 1. The number of ether oxygens (including phenoxy) is 1. The Balaban J connectivity index is 1.15. The summed E-state index contributed by atoms with van der Waals surface area (Å²) in [6, 6.07) is 20.2. The maximum Gasteiger partial charge on any atom is 0.119 e. The van der Waals surface area contributed by atoms with E-state index in [0.29, 0.717) is 18.0 Å². The van der Waals surface area contributed by atoms with E-state index >= 15 is 0 Å². The molecule has 3 atom stereocenters. The van der Waals surface area contributed by atoms with E-state index in [4.69, 9.17) is 10.5 Å². The van der Waals surface area contributed by atoms with Crippen molar-refractivity contribution in [1.29, 1.82) is 0 Å². The standard InChI is InChI=1S/C23H31N3O/c24-20-10-13-26(17-20)14-12-25-23-16-22(23)19-6-8-21(9-7-19)27-15-11-18-4-2-1-3-5-18/h1-9,20,22-23,25H,10-17,24H2/t20?,22-,23+/m0/s1. The van der Waals surface area contributed by atoms with Crippen molar-refractivity contribution in [3.05, 3.63) is 65.7 Å². The lowest BCUT2D eigenvalue weighted by atomic mass is 10.1. The summed E-state index contributed by atoms with van der Waals surface area (Å²) in [4.78, 5) is 2.47. The van der Waals surface area contributed by atoms with Gasteiger partial charge in [-0.3, -0.25) is 0 Å². The maximum absolute atomic E-state index is 5.97. The predicted octanol–water partition coefficient (Wildman–Crippen LogP) is 2.79. The number of hydrogen-bond donors (Lipinski definition) is 2. The highest BCUT2D eigenvalue weighted by Crippen LogP contribution is 2.41. The summed E-state index contributed by atoms with van der Waals surface area (Å²) >= 11 is 0. The van der Waals surface area contributed by atoms with Crippen molar-refractivity contribution in [3.8, 4) is 5.75 Å². The summed E-state index contributed by atoms with van der Waals surface area (Å²) in [6.07, 6.45) is 3.33. The molecule has 2 aromatic carbocycles. The van der Waals surface area contributed by atoms with E-state index in [0.717, 1.165) is 51.4 Å². The molecule has 0 amide bonds. The molecule has 0 bridgehead atoms. The molecule has 1 saturated heterocycles. The van der Waals surface area contributed by atoms with Gasteiger partial charge >= 0.3 is 0 Å². The Hall–Kier alpha value is -1.88. The predicted molar refractivity (Wildman–Crippen MR) is 110 cm³/mol. The molecule has 4 nitrogen and oxygen atoms in total. The van der Waals surface area contributed by atoms with Crippen LogP contribution < -0.4 is 15.8 Å². The molecule has 1 aliphatic heterocycles. The first-order chi connectivity index (χ1) is 13.3. The Bertz CT molecular complexity index is 703. The zero-order valence-electron chi connectivity index (χ0n) is 16.0. The van der Waals surface area contributed by atoms with Gasteiger partial charge in [0.2, 0.25) is 0 Å². The van der Waals surface area contributed by atoms with Crippen molar-refractivity contribution in [2.75, 3.05) is 32.8 Å². The third-order valence-electron chi connectivity index (χ3n) is 5.74. The zero-order chi connectivity index (χ0) is 18.5. The highest BCUT2D eigenvalue weighted by Gasteiger charge is 2.37. The van der Waals surface area contributed by atoms with Crippen LogP contribution in [0.2, 0.25) is 0 Å². The Morgan fingerprint density at radius 3 is 2.63 bits per heavy atom. The van der Waals surface area contributed by atoms with Crippen molar-refractivity contribution in [2.24, 2.45) is 5.73 Å². The second-order valence-electron chi connectivity index (χ2n) is 7.91. The summed E-state index contributed by atoms with van der Waals surface area (Å²) in [6.45, 7) is 5.11. The molecule has 3 N–H and O–H groups in total. The summed E-state index contributed by atoms with van der Waals surface area (Å²) < 4.78 is 5.89. The van der Waals surface area contributed by atoms with Crippen LogP contribution in [0.4, 0.5) is 0 Å². The lowest BCUT2D eigenvalue weighted by molar-refractivity contribution is 0.322. The van der Waals surface area contributed by atoms with Gasteiger partial charge in [0.05, 0.1) is 6.61 Å². The number of hydrogen-bond acceptors (Lipinski definition) is 4. The minimum absolute atomic E-state index is 0.382. The normalized spacial score (nSPS) is 24.9. The van der Waals surface area contributed by atoms with E-state index in [1.54, 1.807) is 0 Å². The van der Waals surface area contributed by atoms with Gasteiger partial charge in [-0.2, -0.15) is 0 Å². The molecule has 27 heavy (non-hydrogen) atoms. The van der Waals surface area contributed by atoms with Crippen LogP contribution in [0, 0.1) is 0 Å². The number of likely N-dealkylation sites (tertiary alicyclic amines) is 1. The van der Waals surface area contributed by atoms with Gasteiger partial charge in [-0.15, -0.1) is 0 Å². The van der Waals surface area contributed by atoms with E-state index in [1.165, 1.54) is 17.5 Å². The van der Waals surface area contributed by atoms with Crippen molar-refractivity contribution in [3.63, 3.8) is 0 Å². The summed E-state index contributed by atoms with van der Waals surface area (Å²) in [5, 5.41) is 3.70. The summed E-state index contributed by atoms with van der Waals surface area (Å²) in [5.74, 6) is 1.62. The van der Waals surface area contributed by atoms with Gasteiger partial charge in [-0.25, -0.2) is 0 Å². The minimum atomic E-state index is 0.382. The number of nitrogens with zero attached hydrogens (tertiary/aromatic N) is 1. The Kier molecular flexibility index (Phi) is 6.07. The van der Waals surface area contributed by atoms with E-state index in [1.807, 2.05) is 6.07 Å². The van der Waals surface area contributed by atoms with Crippen molar-refractivity contribution in [2.45, 2.75) is 37.3 Å². The fraction of sp³-hybridized carbons (Fsp3) is 0.478. The van der Waals surface area contributed by atoms with Crippen LogP contribution in [0.25, 0.3) is 0 Å². The Morgan fingerprint density at radius 1 is 1.07 bits per heavy atom. The van der Waals surface area contributed by atoms with Crippen molar-refractivity contribution >= 4 is 0 Å². The van der Waals surface area contributed by atoms with Crippen LogP contribution in [-0.2, 0) is 6.42 Å². The molecule has 1 unspecified atom stereocenters. The largest absolute Gasteiger partial charge is 0.493 e. The molecule has 0 radical (unpaired) electrons. The van der Waals surface area contributed by atoms with Gasteiger partial charge in [0.15, 0.2) is 0 Å². The van der Waals surface area contributed by atoms with Crippen LogP contribution in [0.5, 0.6) is 5.75 Å². The van der Waals surface area contributed by atoms with Crippen LogP contribution in [0.1, 0.15) is 29.9 Å². The van der Waals surface area contributed by atoms with Gasteiger partial charge in [-0.1, -0.05) is 42.5 Å². The third kappa shape index (κ3) is 5.32. The van der Waals surface area contributed by atoms with E-state index < -0.39 is 0 Å². The van der Waals surface area contributed by atoms with Crippen LogP contribution in [0.15, 0.2) is 54.6 Å². The number of rotatable bonds is 9. The summed E-state index contributed by atoms with van der Waals surface area (Å²) in [5.41, 5.74) is 8.71. The average Bonchev–Trinajstić information content (AvgIpc) is 3.35. The third-order valence-corrected chi connectivity index (χ3v) is 5.74. The van der Waals surface area contributed by atoms with Gasteiger partial charge in [0.1, 0.15) is 5.75 Å². The van der Waals surface area contributed by atoms with E-state index in [2.05, 4.69) is 58.7 Å². The molecular weight excluding hydrogens is 334 g/mol. The van der Waals surface area contributed by atoms with Gasteiger partial charge in [0.25, 0.3) is 0 Å². The lowest BCUT2D eigenvalue weighted by Gasteiger charge is -2.15. The molecule has 2 aliphatic rings. The molecule has 1 aliphatic carbocycles. The first-order valence-electron chi connectivity index (χ1n) is 10.3. The highest BCUT2D eigenvalue weighted by atomic mass is 16.5. The number of nitrogens with one attached hydrogen (secondary N) is 1. The molecule has 0 aromatic heterocycles. The minimum Gasteiger partial charge on any atom is -0.493 e. The Morgan fingerprint density at radius 2 is 1.89 bits per heavy atom. The monoisotopic (exact) mass is 365 g/mol. The lowest BCUT2D eigenvalue weighted by Crippen LogP contribution is -2.33. The molecule has 0 spiro atoms. The second kappa shape index (κ2) is 8.87. The molecule has 4 heteroatoms. The quantitative estimate of drug-likeness (QED) is 0.717. The molecule has 4 rings (SSSR count). The fourth-order valence-corrected chi connectivity index (χ4v) is 4.01. The molecule has 1 saturated carbocycles. The first kappa shape index (κ1) is 18.5. The van der Waals surface area contributed by atoms with Gasteiger partial charge < -0.3 is 20.7 Å². The first-order valence-corrected chi connectivity index (χ1v) is 10.3. The molecule has 2 fully saturated rings.